The number of amides is 3. The lowest BCUT2D eigenvalue weighted by molar-refractivity contribution is 0.102. The van der Waals surface area contributed by atoms with E-state index in [4.69, 9.17) is 23.2 Å². The molecule has 8 heteroatoms. The van der Waals surface area contributed by atoms with Crippen molar-refractivity contribution in [1.29, 1.82) is 0 Å². The molecule has 1 aliphatic heterocycles. The Kier molecular flexibility index (Phi) is 4.24. The van der Waals surface area contributed by atoms with E-state index in [1.807, 2.05) is 0 Å². The smallest absolute Gasteiger partial charge is 0.321 e. The van der Waals surface area contributed by atoms with Gasteiger partial charge in [0.15, 0.2) is 0 Å². The van der Waals surface area contributed by atoms with Crippen LogP contribution in [0.3, 0.4) is 0 Å². The average Bonchev–Trinajstić information content (AvgIpc) is 3.05. The first-order valence-electron chi connectivity index (χ1n) is 6.46. The van der Waals surface area contributed by atoms with Crippen molar-refractivity contribution < 1.29 is 9.59 Å². The van der Waals surface area contributed by atoms with Gasteiger partial charge in [-0.15, -0.1) is 11.3 Å². The predicted octanol–water partition coefficient (Wildman–Crippen LogP) is 3.84. The zero-order valence-corrected chi connectivity index (χ0v) is 13.6. The van der Waals surface area contributed by atoms with Gasteiger partial charge < -0.3 is 10.6 Å². The molecule has 2 N–H and O–H groups in total. The maximum absolute atomic E-state index is 12.1. The van der Waals surface area contributed by atoms with Crippen molar-refractivity contribution in [2.75, 3.05) is 23.3 Å². The number of hydrogen-bond acceptors (Lipinski definition) is 3. The molecule has 0 saturated carbocycles. The van der Waals surface area contributed by atoms with Gasteiger partial charge in [-0.25, -0.2) is 4.79 Å². The van der Waals surface area contributed by atoms with E-state index < -0.39 is 0 Å². The predicted molar refractivity (Wildman–Crippen MR) is 89.5 cm³/mol. The number of nitrogens with one attached hydrogen (secondary N) is 2. The summed E-state index contributed by atoms with van der Waals surface area (Å²) >= 11 is 12.9. The van der Waals surface area contributed by atoms with Gasteiger partial charge in [0, 0.05) is 24.5 Å². The van der Waals surface area contributed by atoms with E-state index in [1.165, 1.54) is 6.07 Å². The summed E-state index contributed by atoms with van der Waals surface area (Å²) in [5.41, 5.74) is 1.75. The van der Waals surface area contributed by atoms with E-state index in [2.05, 4.69) is 10.6 Å². The summed E-state index contributed by atoms with van der Waals surface area (Å²) in [5, 5.41) is 5.48. The van der Waals surface area contributed by atoms with Crippen LogP contribution in [0.5, 0.6) is 0 Å². The molecule has 0 bridgehead atoms. The van der Waals surface area contributed by atoms with Crippen molar-refractivity contribution in [3.05, 3.63) is 44.6 Å². The Balaban J connectivity index is 1.72. The van der Waals surface area contributed by atoms with Crippen LogP contribution in [0.2, 0.25) is 8.67 Å². The van der Waals surface area contributed by atoms with Crippen LogP contribution in [-0.4, -0.2) is 25.0 Å². The lowest BCUT2D eigenvalue weighted by Crippen LogP contribution is -2.27. The molecular formula is C14H11Cl2N3O2S. The monoisotopic (exact) mass is 355 g/mol. The van der Waals surface area contributed by atoms with Gasteiger partial charge in [-0.05, 0) is 30.3 Å². The van der Waals surface area contributed by atoms with Crippen LogP contribution in [-0.2, 0) is 0 Å². The highest BCUT2D eigenvalue weighted by atomic mass is 35.5. The van der Waals surface area contributed by atoms with Gasteiger partial charge in [0.2, 0.25) is 0 Å². The fourth-order valence-corrected chi connectivity index (χ4v) is 3.59. The zero-order chi connectivity index (χ0) is 15.7. The SMILES string of the molecule is O=C(Nc1ccc(N2CCNC2=O)cc1)c1cc(Cl)sc1Cl. The van der Waals surface area contributed by atoms with Crippen molar-refractivity contribution in [1.82, 2.24) is 5.32 Å². The largest absolute Gasteiger partial charge is 0.336 e. The molecule has 0 atom stereocenters. The molecule has 0 aliphatic carbocycles. The highest BCUT2D eigenvalue weighted by Crippen LogP contribution is 2.31. The van der Waals surface area contributed by atoms with Crippen molar-refractivity contribution >= 4 is 57.9 Å². The minimum Gasteiger partial charge on any atom is -0.336 e. The summed E-state index contributed by atoms with van der Waals surface area (Å²) in [6.07, 6.45) is 0. The first-order chi connectivity index (χ1) is 10.5. The maximum Gasteiger partial charge on any atom is 0.321 e. The van der Waals surface area contributed by atoms with Gasteiger partial charge in [0.05, 0.1) is 9.90 Å². The second kappa shape index (κ2) is 6.16. The normalized spacial score (nSPS) is 14.1. The van der Waals surface area contributed by atoms with Gasteiger partial charge >= 0.3 is 6.03 Å². The standard InChI is InChI=1S/C14H11Cl2N3O2S/c15-11-7-10(12(16)22-11)13(20)18-8-1-3-9(4-2-8)19-6-5-17-14(19)21/h1-4,7H,5-6H2,(H,17,21)(H,18,20). The lowest BCUT2D eigenvalue weighted by atomic mass is 10.2. The highest BCUT2D eigenvalue weighted by Gasteiger charge is 2.21. The molecule has 3 amide bonds. The summed E-state index contributed by atoms with van der Waals surface area (Å²) in [6.45, 7) is 1.27. The fraction of sp³-hybridized carbons (Fsp3) is 0.143. The minimum absolute atomic E-state index is 0.114. The Morgan fingerprint density at radius 3 is 2.55 bits per heavy atom. The molecule has 1 fully saturated rings. The third-order valence-electron chi connectivity index (χ3n) is 3.19. The summed E-state index contributed by atoms with van der Waals surface area (Å²) < 4.78 is 0.818. The molecule has 1 aromatic heterocycles. The highest BCUT2D eigenvalue weighted by molar-refractivity contribution is 7.20. The van der Waals surface area contributed by atoms with E-state index in [-0.39, 0.29) is 11.9 Å². The summed E-state index contributed by atoms with van der Waals surface area (Å²) in [5.74, 6) is -0.320. The number of carbonyl (C=O) groups is 2. The van der Waals surface area contributed by atoms with Crippen LogP contribution in [0.4, 0.5) is 16.2 Å². The third-order valence-corrected chi connectivity index (χ3v) is 4.68. The van der Waals surface area contributed by atoms with Crippen LogP contribution in [0.15, 0.2) is 30.3 Å². The topological polar surface area (TPSA) is 61.4 Å². The molecule has 114 valence electrons. The Morgan fingerprint density at radius 1 is 1.27 bits per heavy atom. The molecule has 2 aromatic rings. The molecule has 0 unspecified atom stereocenters. The van der Waals surface area contributed by atoms with Crippen molar-refractivity contribution in [2.45, 2.75) is 0 Å². The molecule has 2 heterocycles. The molecule has 1 aliphatic rings. The molecule has 1 saturated heterocycles. The maximum atomic E-state index is 12.1. The summed E-state index contributed by atoms with van der Waals surface area (Å²) in [4.78, 5) is 25.3. The molecule has 0 radical (unpaired) electrons. The van der Waals surface area contributed by atoms with Crippen LogP contribution in [0, 0.1) is 0 Å². The zero-order valence-electron chi connectivity index (χ0n) is 11.2. The van der Waals surface area contributed by atoms with Crippen LogP contribution in [0.25, 0.3) is 0 Å². The van der Waals surface area contributed by atoms with Crippen molar-refractivity contribution in [3.63, 3.8) is 0 Å². The van der Waals surface area contributed by atoms with Crippen LogP contribution in [0.1, 0.15) is 10.4 Å². The van der Waals surface area contributed by atoms with Gasteiger partial charge in [-0.1, -0.05) is 23.2 Å². The number of urea groups is 1. The fourth-order valence-electron chi connectivity index (χ4n) is 2.14. The number of anilines is 2. The number of nitrogens with zero attached hydrogens (tertiary/aromatic N) is 1. The molecule has 3 rings (SSSR count). The molecular weight excluding hydrogens is 345 g/mol. The number of halogens is 2. The first kappa shape index (κ1) is 15.1. The van der Waals surface area contributed by atoms with E-state index >= 15 is 0 Å². The number of hydrogen-bond donors (Lipinski definition) is 2. The lowest BCUT2D eigenvalue weighted by Gasteiger charge is -2.14. The molecule has 0 spiro atoms. The second-order valence-electron chi connectivity index (χ2n) is 4.62. The summed E-state index contributed by atoms with van der Waals surface area (Å²) in [7, 11) is 0. The Labute approximate surface area is 140 Å². The van der Waals surface area contributed by atoms with Crippen molar-refractivity contribution in [2.24, 2.45) is 0 Å². The number of benzene rings is 1. The van der Waals surface area contributed by atoms with E-state index in [0.29, 0.717) is 33.0 Å². The second-order valence-corrected chi connectivity index (χ2v) is 6.91. The Hall–Kier alpha value is -1.76. The molecule has 22 heavy (non-hydrogen) atoms. The Morgan fingerprint density at radius 2 is 2.00 bits per heavy atom. The number of rotatable bonds is 3. The van der Waals surface area contributed by atoms with Gasteiger partial charge in [0.25, 0.3) is 5.91 Å². The quantitative estimate of drug-likeness (QED) is 0.878. The van der Waals surface area contributed by atoms with E-state index in [9.17, 15) is 9.59 Å². The van der Waals surface area contributed by atoms with Gasteiger partial charge in [0.1, 0.15) is 4.34 Å². The Bertz CT molecular complexity index is 730. The van der Waals surface area contributed by atoms with E-state index in [1.54, 1.807) is 29.2 Å². The molecule has 5 nitrogen and oxygen atoms in total. The number of carbonyl (C=O) groups excluding carboxylic acids is 2. The van der Waals surface area contributed by atoms with Gasteiger partial charge in [-0.2, -0.15) is 0 Å². The van der Waals surface area contributed by atoms with Crippen LogP contribution >= 0.6 is 34.5 Å². The molecule has 1 aromatic carbocycles. The third kappa shape index (κ3) is 3.04. The van der Waals surface area contributed by atoms with Crippen LogP contribution < -0.4 is 15.5 Å². The minimum atomic E-state index is -0.320. The number of thiophene rings is 1. The summed E-state index contributed by atoms with van der Waals surface area (Å²) in [6, 6.07) is 8.45. The van der Waals surface area contributed by atoms with E-state index in [0.717, 1.165) is 17.0 Å². The average molecular weight is 356 g/mol. The van der Waals surface area contributed by atoms with Gasteiger partial charge in [-0.3, -0.25) is 9.69 Å². The first-order valence-corrected chi connectivity index (χ1v) is 8.03. The van der Waals surface area contributed by atoms with Crippen molar-refractivity contribution in [3.8, 4) is 0 Å².